The highest BCUT2D eigenvalue weighted by molar-refractivity contribution is 7.99. The third kappa shape index (κ3) is 6.79. The van der Waals surface area contributed by atoms with Gasteiger partial charge in [0.2, 0.25) is 0 Å². The van der Waals surface area contributed by atoms with Crippen molar-refractivity contribution in [3.05, 3.63) is 0 Å². The highest BCUT2D eigenvalue weighted by Crippen LogP contribution is 2.13. The van der Waals surface area contributed by atoms with Crippen LogP contribution in [0.4, 0.5) is 0 Å². The van der Waals surface area contributed by atoms with Crippen LogP contribution >= 0.6 is 11.8 Å². The summed E-state index contributed by atoms with van der Waals surface area (Å²) in [6.45, 7) is 6.72. The van der Waals surface area contributed by atoms with Gasteiger partial charge in [0.1, 0.15) is 0 Å². The van der Waals surface area contributed by atoms with E-state index in [0.29, 0.717) is 24.3 Å². The number of esters is 1. The fraction of sp³-hybridized carbons (Fsp3) is 0.909. The molecule has 0 bridgehead atoms. The molecule has 0 spiro atoms. The van der Waals surface area contributed by atoms with Gasteiger partial charge in [0.05, 0.1) is 12.4 Å². The number of hydrogen-bond donors (Lipinski definition) is 1. The van der Waals surface area contributed by atoms with Crippen LogP contribution < -0.4 is 5.32 Å². The van der Waals surface area contributed by atoms with Crippen molar-refractivity contribution in [1.82, 2.24) is 5.32 Å². The average molecular weight is 233 g/mol. The topological polar surface area (TPSA) is 38.3 Å². The van der Waals surface area contributed by atoms with Gasteiger partial charge in [-0.15, -0.1) is 11.8 Å². The van der Waals surface area contributed by atoms with E-state index in [2.05, 4.69) is 19.2 Å². The summed E-state index contributed by atoms with van der Waals surface area (Å²) in [5.74, 6) is 1.96. The van der Waals surface area contributed by atoms with Crippen LogP contribution in [0.2, 0.25) is 0 Å². The first kappa shape index (κ1) is 14.8. The standard InChI is InChI=1S/C11H23NO2S/c1-5-9(3)10(12-4)7-15-8-11(13)14-6-2/h9-10,12H,5-8H2,1-4H3. The Kier molecular flexibility index (Phi) is 8.91. The monoisotopic (exact) mass is 233 g/mol. The predicted octanol–water partition coefficient (Wildman–Crippen LogP) is 1.92. The summed E-state index contributed by atoms with van der Waals surface area (Å²) in [6, 6.07) is 0.481. The number of hydrogen-bond acceptors (Lipinski definition) is 4. The van der Waals surface area contributed by atoms with E-state index in [9.17, 15) is 4.79 Å². The van der Waals surface area contributed by atoms with E-state index < -0.39 is 0 Å². The molecule has 0 aliphatic carbocycles. The van der Waals surface area contributed by atoms with Crippen LogP contribution in [0.25, 0.3) is 0 Å². The number of carbonyl (C=O) groups is 1. The number of nitrogens with one attached hydrogen (secondary N) is 1. The fourth-order valence-corrected chi connectivity index (χ4v) is 2.41. The molecule has 0 aromatic rings. The number of ether oxygens (including phenoxy) is 1. The lowest BCUT2D eigenvalue weighted by atomic mass is 10.0. The highest BCUT2D eigenvalue weighted by Gasteiger charge is 2.14. The van der Waals surface area contributed by atoms with Crippen LogP contribution in [0.1, 0.15) is 27.2 Å². The zero-order valence-corrected chi connectivity index (χ0v) is 11.0. The molecule has 0 saturated carbocycles. The minimum atomic E-state index is -0.110. The largest absolute Gasteiger partial charge is 0.465 e. The second-order valence-electron chi connectivity index (χ2n) is 3.60. The average Bonchev–Trinajstić information content (AvgIpc) is 2.24. The quantitative estimate of drug-likeness (QED) is 0.650. The first-order chi connectivity index (χ1) is 7.15. The van der Waals surface area contributed by atoms with Gasteiger partial charge in [0.25, 0.3) is 0 Å². The molecule has 0 aliphatic heterocycles. The summed E-state index contributed by atoms with van der Waals surface area (Å²) in [4.78, 5) is 11.1. The Bertz CT molecular complexity index is 176. The van der Waals surface area contributed by atoms with Crippen molar-refractivity contribution in [2.75, 3.05) is 25.2 Å². The van der Waals surface area contributed by atoms with Crippen molar-refractivity contribution in [3.8, 4) is 0 Å². The Hall–Kier alpha value is -0.220. The molecule has 0 radical (unpaired) electrons. The van der Waals surface area contributed by atoms with Gasteiger partial charge in [0, 0.05) is 11.8 Å². The molecule has 2 unspecified atom stereocenters. The molecule has 90 valence electrons. The van der Waals surface area contributed by atoms with Gasteiger partial charge in [-0.2, -0.15) is 0 Å². The smallest absolute Gasteiger partial charge is 0.315 e. The molecule has 0 heterocycles. The van der Waals surface area contributed by atoms with E-state index in [1.807, 2.05) is 14.0 Å². The third-order valence-electron chi connectivity index (χ3n) is 2.52. The van der Waals surface area contributed by atoms with Gasteiger partial charge < -0.3 is 10.1 Å². The molecule has 1 N–H and O–H groups in total. The number of rotatable bonds is 8. The zero-order chi connectivity index (χ0) is 11.7. The Morgan fingerprint density at radius 2 is 2.13 bits per heavy atom. The van der Waals surface area contributed by atoms with Crippen molar-refractivity contribution in [2.24, 2.45) is 5.92 Å². The minimum absolute atomic E-state index is 0.110. The molecule has 4 heteroatoms. The summed E-state index contributed by atoms with van der Waals surface area (Å²) in [5, 5.41) is 3.29. The van der Waals surface area contributed by atoms with Gasteiger partial charge >= 0.3 is 5.97 Å². The molecule has 0 amide bonds. The third-order valence-corrected chi connectivity index (χ3v) is 3.56. The van der Waals surface area contributed by atoms with E-state index in [4.69, 9.17) is 4.74 Å². The fourth-order valence-electron chi connectivity index (χ4n) is 1.29. The van der Waals surface area contributed by atoms with Crippen LogP contribution in [-0.4, -0.2) is 37.2 Å². The molecule has 2 atom stereocenters. The molecule has 0 rings (SSSR count). The maximum Gasteiger partial charge on any atom is 0.315 e. The lowest BCUT2D eigenvalue weighted by molar-refractivity contribution is -0.139. The Morgan fingerprint density at radius 3 is 2.60 bits per heavy atom. The highest BCUT2D eigenvalue weighted by atomic mass is 32.2. The van der Waals surface area contributed by atoms with Crippen LogP contribution in [0.5, 0.6) is 0 Å². The van der Waals surface area contributed by atoms with Gasteiger partial charge in [-0.3, -0.25) is 4.79 Å². The zero-order valence-electron chi connectivity index (χ0n) is 10.2. The van der Waals surface area contributed by atoms with Crippen molar-refractivity contribution < 1.29 is 9.53 Å². The van der Waals surface area contributed by atoms with Crippen molar-refractivity contribution in [1.29, 1.82) is 0 Å². The van der Waals surface area contributed by atoms with E-state index in [-0.39, 0.29) is 5.97 Å². The van der Waals surface area contributed by atoms with E-state index in [0.717, 1.165) is 12.2 Å². The van der Waals surface area contributed by atoms with E-state index in [1.54, 1.807) is 11.8 Å². The second-order valence-corrected chi connectivity index (χ2v) is 4.63. The molecule has 0 aromatic heterocycles. The molecule has 3 nitrogen and oxygen atoms in total. The van der Waals surface area contributed by atoms with Gasteiger partial charge in [-0.25, -0.2) is 0 Å². The van der Waals surface area contributed by atoms with Gasteiger partial charge in [-0.1, -0.05) is 20.3 Å². The number of carbonyl (C=O) groups excluding carboxylic acids is 1. The van der Waals surface area contributed by atoms with E-state index >= 15 is 0 Å². The Morgan fingerprint density at radius 1 is 1.47 bits per heavy atom. The molecule has 0 saturated heterocycles. The molecule has 0 aromatic carbocycles. The second kappa shape index (κ2) is 9.04. The molecule has 0 aliphatic rings. The summed E-state index contributed by atoms with van der Waals surface area (Å²) in [7, 11) is 1.97. The molecule has 15 heavy (non-hydrogen) atoms. The summed E-state index contributed by atoms with van der Waals surface area (Å²) < 4.78 is 4.86. The first-order valence-corrected chi connectivity index (χ1v) is 6.71. The van der Waals surface area contributed by atoms with Crippen LogP contribution in [0.15, 0.2) is 0 Å². The van der Waals surface area contributed by atoms with Crippen molar-refractivity contribution in [3.63, 3.8) is 0 Å². The maximum absolute atomic E-state index is 11.1. The number of thioether (sulfide) groups is 1. The first-order valence-electron chi connectivity index (χ1n) is 5.56. The maximum atomic E-state index is 11.1. The summed E-state index contributed by atoms with van der Waals surface area (Å²) >= 11 is 1.64. The van der Waals surface area contributed by atoms with E-state index in [1.165, 1.54) is 0 Å². The van der Waals surface area contributed by atoms with Crippen LogP contribution in [0, 0.1) is 5.92 Å². The molecular formula is C11H23NO2S. The van der Waals surface area contributed by atoms with Gasteiger partial charge in [0.15, 0.2) is 0 Å². The van der Waals surface area contributed by atoms with Gasteiger partial charge in [-0.05, 0) is 19.9 Å². The normalized spacial score (nSPS) is 14.7. The Balaban J connectivity index is 3.67. The molecular weight excluding hydrogens is 210 g/mol. The minimum Gasteiger partial charge on any atom is -0.465 e. The lowest BCUT2D eigenvalue weighted by Crippen LogP contribution is -2.34. The van der Waals surface area contributed by atoms with Crippen molar-refractivity contribution >= 4 is 17.7 Å². The Labute approximate surface area is 97.3 Å². The molecule has 0 fully saturated rings. The SMILES string of the molecule is CCOC(=O)CSCC(NC)C(C)CC. The lowest BCUT2D eigenvalue weighted by Gasteiger charge is -2.21. The summed E-state index contributed by atoms with van der Waals surface area (Å²) in [6.07, 6.45) is 1.16. The summed E-state index contributed by atoms with van der Waals surface area (Å²) in [5.41, 5.74) is 0. The van der Waals surface area contributed by atoms with Crippen LogP contribution in [-0.2, 0) is 9.53 Å². The van der Waals surface area contributed by atoms with Crippen molar-refractivity contribution in [2.45, 2.75) is 33.2 Å². The van der Waals surface area contributed by atoms with Crippen LogP contribution in [0.3, 0.4) is 0 Å². The predicted molar refractivity (Wildman–Crippen MR) is 66.3 cm³/mol.